The van der Waals surface area contributed by atoms with Crippen LogP contribution in [0.25, 0.3) is 0 Å². The Morgan fingerprint density at radius 2 is 2.05 bits per heavy atom. The van der Waals surface area contributed by atoms with E-state index in [1.807, 2.05) is 18.7 Å². The molecule has 0 aromatic carbocycles. The van der Waals surface area contributed by atoms with Crippen LogP contribution in [-0.2, 0) is 4.79 Å². The molecule has 20 heavy (non-hydrogen) atoms. The van der Waals surface area contributed by atoms with E-state index in [-0.39, 0.29) is 17.9 Å². The number of carbonyl (C=O) groups excluding carboxylic acids is 1. The molecule has 1 unspecified atom stereocenters. The highest BCUT2D eigenvalue weighted by Gasteiger charge is 2.27. The van der Waals surface area contributed by atoms with Crippen LogP contribution in [0.2, 0.25) is 0 Å². The summed E-state index contributed by atoms with van der Waals surface area (Å²) in [5, 5.41) is 11.7. The third-order valence-electron chi connectivity index (χ3n) is 4.20. The molecule has 1 aliphatic heterocycles. The minimum absolute atomic E-state index is 0.0309. The first-order valence-electron chi connectivity index (χ1n) is 7.62. The number of rotatable bonds is 7. The van der Waals surface area contributed by atoms with Gasteiger partial charge in [0, 0.05) is 25.6 Å². The molecule has 0 spiro atoms. The summed E-state index contributed by atoms with van der Waals surface area (Å²) in [5.74, 6) is -0.759. The second kappa shape index (κ2) is 7.50. The van der Waals surface area contributed by atoms with Gasteiger partial charge in [-0.3, -0.25) is 4.79 Å². The molecule has 0 aliphatic carbocycles. The van der Waals surface area contributed by atoms with Gasteiger partial charge < -0.3 is 15.3 Å². The Kier molecular flexibility index (Phi) is 6.30. The number of nitrogens with zero attached hydrogens (tertiary/aromatic N) is 1. The van der Waals surface area contributed by atoms with Crippen molar-refractivity contribution in [3.05, 3.63) is 0 Å². The van der Waals surface area contributed by atoms with Crippen LogP contribution >= 0.6 is 0 Å². The number of hydrogen-bond acceptors (Lipinski definition) is 2. The maximum atomic E-state index is 12.1. The fourth-order valence-electron chi connectivity index (χ4n) is 2.71. The molecule has 5 nitrogen and oxygen atoms in total. The molecule has 0 aromatic heterocycles. The number of likely N-dealkylation sites (tertiary alicyclic amines) is 1. The summed E-state index contributed by atoms with van der Waals surface area (Å²) in [4.78, 5) is 24.6. The van der Waals surface area contributed by atoms with Gasteiger partial charge in [-0.05, 0) is 37.5 Å². The van der Waals surface area contributed by atoms with E-state index in [2.05, 4.69) is 12.2 Å². The van der Waals surface area contributed by atoms with E-state index in [0.29, 0.717) is 19.0 Å². The minimum atomic E-state index is -0.759. The fraction of sp³-hybridized carbons (Fsp3) is 0.867. The van der Waals surface area contributed by atoms with Crippen LogP contribution in [0.3, 0.4) is 0 Å². The van der Waals surface area contributed by atoms with Crippen molar-refractivity contribution >= 4 is 12.0 Å². The number of carbonyl (C=O) groups is 2. The predicted molar refractivity (Wildman–Crippen MR) is 78.7 cm³/mol. The van der Waals surface area contributed by atoms with Gasteiger partial charge in [-0.1, -0.05) is 20.8 Å². The summed E-state index contributed by atoms with van der Waals surface area (Å²) in [6.45, 7) is 7.68. The molecule has 2 N–H and O–H groups in total. The predicted octanol–water partition coefficient (Wildman–Crippen LogP) is 2.85. The molecular weight excluding hydrogens is 256 g/mol. The quantitative estimate of drug-likeness (QED) is 0.755. The summed E-state index contributed by atoms with van der Waals surface area (Å²) >= 11 is 0. The highest BCUT2D eigenvalue weighted by molar-refractivity contribution is 5.74. The lowest BCUT2D eigenvalue weighted by Gasteiger charge is -2.27. The van der Waals surface area contributed by atoms with Crippen LogP contribution in [-0.4, -0.2) is 41.1 Å². The molecule has 116 valence electrons. The van der Waals surface area contributed by atoms with Crippen LogP contribution in [0.5, 0.6) is 0 Å². The number of carboxylic acids is 1. The topological polar surface area (TPSA) is 69.6 Å². The van der Waals surface area contributed by atoms with Gasteiger partial charge in [-0.2, -0.15) is 0 Å². The summed E-state index contributed by atoms with van der Waals surface area (Å²) in [5.41, 5.74) is -0.0547. The van der Waals surface area contributed by atoms with E-state index in [1.54, 1.807) is 0 Å². The molecule has 2 amide bonds. The average molecular weight is 284 g/mol. The summed E-state index contributed by atoms with van der Waals surface area (Å²) in [7, 11) is 0. The minimum Gasteiger partial charge on any atom is -0.481 e. The lowest BCUT2D eigenvalue weighted by Crippen LogP contribution is -2.43. The zero-order valence-corrected chi connectivity index (χ0v) is 12.9. The van der Waals surface area contributed by atoms with Gasteiger partial charge in [-0.15, -0.1) is 0 Å². The molecule has 5 heteroatoms. The maximum absolute atomic E-state index is 12.1. The first-order chi connectivity index (χ1) is 9.35. The average Bonchev–Trinajstić information content (AvgIpc) is 2.84. The van der Waals surface area contributed by atoms with Crippen molar-refractivity contribution in [2.45, 2.75) is 65.3 Å². The fourth-order valence-corrected chi connectivity index (χ4v) is 2.71. The Bertz CT molecular complexity index is 342. The van der Waals surface area contributed by atoms with Crippen LogP contribution in [0.1, 0.15) is 59.3 Å². The van der Waals surface area contributed by atoms with Crippen molar-refractivity contribution in [3.8, 4) is 0 Å². The van der Waals surface area contributed by atoms with Crippen molar-refractivity contribution in [2.24, 2.45) is 5.41 Å². The molecule has 0 aromatic rings. The second-order valence-electron chi connectivity index (χ2n) is 6.44. The molecule has 0 radical (unpaired) electrons. The highest BCUT2D eigenvalue weighted by Crippen LogP contribution is 2.26. The molecule has 1 atom stereocenters. The Morgan fingerprint density at radius 3 is 2.65 bits per heavy atom. The lowest BCUT2D eigenvalue weighted by atomic mass is 9.84. The first-order valence-corrected chi connectivity index (χ1v) is 7.62. The molecule has 0 bridgehead atoms. The van der Waals surface area contributed by atoms with Gasteiger partial charge in [0.05, 0.1) is 0 Å². The van der Waals surface area contributed by atoms with E-state index < -0.39 is 5.97 Å². The third kappa shape index (κ3) is 5.39. The summed E-state index contributed by atoms with van der Waals surface area (Å²) in [6.07, 6.45) is 4.84. The molecule has 1 fully saturated rings. The van der Waals surface area contributed by atoms with E-state index in [4.69, 9.17) is 5.11 Å². The van der Waals surface area contributed by atoms with Gasteiger partial charge in [0.15, 0.2) is 0 Å². The largest absolute Gasteiger partial charge is 0.481 e. The third-order valence-corrected chi connectivity index (χ3v) is 4.20. The van der Waals surface area contributed by atoms with Crippen LogP contribution in [0, 0.1) is 5.41 Å². The Morgan fingerprint density at radius 1 is 1.35 bits per heavy atom. The number of amides is 2. The van der Waals surface area contributed by atoms with E-state index in [1.165, 1.54) is 0 Å². The molecular formula is C15H28N2O3. The number of aliphatic carboxylic acids is 1. The zero-order chi connectivity index (χ0) is 15.2. The van der Waals surface area contributed by atoms with Gasteiger partial charge in [-0.25, -0.2) is 4.79 Å². The van der Waals surface area contributed by atoms with Crippen molar-refractivity contribution in [1.29, 1.82) is 0 Å². The first kappa shape index (κ1) is 16.8. The smallest absolute Gasteiger partial charge is 0.317 e. The Balaban J connectivity index is 2.29. The van der Waals surface area contributed by atoms with E-state index in [0.717, 1.165) is 32.2 Å². The standard InChI is InChI=1S/C15H28N2O3/c1-4-12-6-5-11-17(12)14(20)16-10-9-15(2,3)8-7-13(18)19/h12H,4-11H2,1-3H3,(H,16,20)(H,18,19). The Labute approximate surface area is 121 Å². The van der Waals surface area contributed by atoms with Gasteiger partial charge in [0.2, 0.25) is 0 Å². The van der Waals surface area contributed by atoms with Gasteiger partial charge >= 0.3 is 12.0 Å². The monoisotopic (exact) mass is 284 g/mol. The number of urea groups is 1. The van der Waals surface area contributed by atoms with Crippen molar-refractivity contribution < 1.29 is 14.7 Å². The van der Waals surface area contributed by atoms with E-state index >= 15 is 0 Å². The maximum Gasteiger partial charge on any atom is 0.317 e. The van der Waals surface area contributed by atoms with Gasteiger partial charge in [0.25, 0.3) is 0 Å². The van der Waals surface area contributed by atoms with Crippen molar-refractivity contribution in [3.63, 3.8) is 0 Å². The number of hydrogen-bond donors (Lipinski definition) is 2. The number of carboxylic acid groups (broad SMARTS) is 1. The number of nitrogens with one attached hydrogen (secondary N) is 1. The van der Waals surface area contributed by atoms with Crippen molar-refractivity contribution in [2.75, 3.05) is 13.1 Å². The molecule has 1 aliphatic rings. The molecule has 1 saturated heterocycles. The normalized spacial score (nSPS) is 19.1. The SMILES string of the molecule is CCC1CCCN1C(=O)NCCC(C)(C)CCC(=O)O. The lowest BCUT2D eigenvalue weighted by molar-refractivity contribution is -0.137. The van der Waals surface area contributed by atoms with Crippen molar-refractivity contribution in [1.82, 2.24) is 10.2 Å². The summed E-state index contributed by atoms with van der Waals surface area (Å²) < 4.78 is 0. The summed E-state index contributed by atoms with van der Waals surface area (Å²) in [6, 6.07) is 0.415. The van der Waals surface area contributed by atoms with Crippen LogP contribution in [0.4, 0.5) is 4.79 Å². The Hall–Kier alpha value is -1.26. The second-order valence-corrected chi connectivity index (χ2v) is 6.44. The van der Waals surface area contributed by atoms with Crippen LogP contribution in [0.15, 0.2) is 0 Å². The molecule has 1 rings (SSSR count). The molecule has 0 saturated carbocycles. The van der Waals surface area contributed by atoms with Gasteiger partial charge in [0.1, 0.15) is 0 Å². The zero-order valence-electron chi connectivity index (χ0n) is 12.9. The van der Waals surface area contributed by atoms with Crippen LogP contribution < -0.4 is 5.32 Å². The highest BCUT2D eigenvalue weighted by atomic mass is 16.4. The van der Waals surface area contributed by atoms with E-state index in [9.17, 15) is 9.59 Å². The molecule has 1 heterocycles.